The van der Waals surface area contributed by atoms with Gasteiger partial charge in [0.15, 0.2) is 0 Å². The van der Waals surface area contributed by atoms with Crippen LogP contribution in [0.4, 0.5) is 5.69 Å². The minimum atomic E-state index is -0.0323. The van der Waals surface area contributed by atoms with E-state index >= 15 is 0 Å². The highest BCUT2D eigenvalue weighted by atomic mass is 79.9. The van der Waals surface area contributed by atoms with E-state index in [2.05, 4.69) is 33.5 Å². The maximum Gasteiger partial charge on any atom is 0.251 e. The molecule has 0 aliphatic rings. The van der Waals surface area contributed by atoms with Crippen LogP contribution in [-0.2, 0) is 6.54 Å². The molecule has 2 aromatic rings. The van der Waals surface area contributed by atoms with Crippen LogP contribution in [0.3, 0.4) is 0 Å². The van der Waals surface area contributed by atoms with Crippen molar-refractivity contribution in [3.8, 4) is 0 Å². The van der Waals surface area contributed by atoms with Gasteiger partial charge in [-0.15, -0.1) is 11.3 Å². The minimum Gasteiger partial charge on any atom is -0.385 e. The molecule has 0 bridgehead atoms. The number of hydrogen-bond donors (Lipinski definition) is 2. The molecule has 106 valence electrons. The lowest BCUT2D eigenvalue weighted by atomic mass is 10.1. The molecule has 0 fully saturated rings. The average molecular weight is 353 g/mol. The molecule has 3 nitrogen and oxygen atoms in total. The van der Waals surface area contributed by atoms with Crippen molar-refractivity contribution in [2.75, 3.05) is 11.9 Å². The molecule has 1 aromatic carbocycles. The fourth-order valence-electron chi connectivity index (χ4n) is 1.94. The van der Waals surface area contributed by atoms with Gasteiger partial charge in [0, 0.05) is 22.7 Å². The zero-order valence-electron chi connectivity index (χ0n) is 11.5. The highest BCUT2D eigenvalue weighted by Gasteiger charge is 2.09. The number of amides is 1. The van der Waals surface area contributed by atoms with Gasteiger partial charge < -0.3 is 10.6 Å². The van der Waals surface area contributed by atoms with Gasteiger partial charge in [-0.3, -0.25) is 4.79 Å². The Morgan fingerprint density at radius 3 is 2.70 bits per heavy atom. The van der Waals surface area contributed by atoms with Crippen LogP contribution in [0.1, 0.15) is 27.7 Å². The van der Waals surface area contributed by atoms with E-state index in [0.717, 1.165) is 32.0 Å². The highest BCUT2D eigenvalue weighted by molar-refractivity contribution is 9.11. The number of carbonyl (C=O) groups is 1. The van der Waals surface area contributed by atoms with Gasteiger partial charge >= 0.3 is 0 Å². The van der Waals surface area contributed by atoms with Crippen molar-refractivity contribution in [3.63, 3.8) is 0 Å². The van der Waals surface area contributed by atoms with Gasteiger partial charge in [0.25, 0.3) is 5.91 Å². The predicted molar refractivity (Wildman–Crippen MR) is 88.5 cm³/mol. The van der Waals surface area contributed by atoms with E-state index in [4.69, 9.17) is 0 Å². The van der Waals surface area contributed by atoms with E-state index in [0.29, 0.717) is 6.54 Å². The summed E-state index contributed by atoms with van der Waals surface area (Å²) in [6.45, 7) is 5.44. The monoisotopic (exact) mass is 352 g/mol. The summed E-state index contributed by atoms with van der Waals surface area (Å²) in [5, 5.41) is 6.19. The van der Waals surface area contributed by atoms with Crippen LogP contribution in [0.25, 0.3) is 0 Å². The Kier molecular flexibility index (Phi) is 5.20. The fraction of sp³-hybridized carbons (Fsp3) is 0.267. The summed E-state index contributed by atoms with van der Waals surface area (Å²) in [4.78, 5) is 13.3. The number of aryl methyl sites for hydroxylation is 1. The largest absolute Gasteiger partial charge is 0.385 e. The van der Waals surface area contributed by atoms with E-state index < -0.39 is 0 Å². The molecule has 0 spiro atoms. The number of nitrogens with one attached hydrogen (secondary N) is 2. The topological polar surface area (TPSA) is 41.1 Å². The Labute approximate surface area is 131 Å². The summed E-state index contributed by atoms with van der Waals surface area (Å²) in [5.41, 5.74) is 2.75. The second-order valence-electron chi connectivity index (χ2n) is 4.45. The van der Waals surface area contributed by atoms with Crippen molar-refractivity contribution in [3.05, 3.63) is 50.1 Å². The molecule has 20 heavy (non-hydrogen) atoms. The number of rotatable bonds is 5. The lowest BCUT2D eigenvalue weighted by molar-refractivity contribution is 0.0950. The molecule has 0 aliphatic carbocycles. The molecule has 0 saturated heterocycles. The van der Waals surface area contributed by atoms with E-state index in [9.17, 15) is 4.79 Å². The standard InChI is InChI=1S/C15H17BrN2OS/c1-3-17-11-4-6-13(10(2)8-11)15(19)18-9-12-5-7-14(16)20-12/h4-8,17H,3,9H2,1-2H3,(H,18,19). The van der Waals surface area contributed by atoms with Crippen LogP contribution in [0.2, 0.25) is 0 Å². The van der Waals surface area contributed by atoms with Crippen LogP contribution in [0.15, 0.2) is 34.1 Å². The Morgan fingerprint density at radius 2 is 2.10 bits per heavy atom. The molecule has 1 amide bonds. The number of hydrogen-bond acceptors (Lipinski definition) is 3. The van der Waals surface area contributed by atoms with Gasteiger partial charge in [-0.05, 0) is 65.7 Å². The zero-order valence-corrected chi connectivity index (χ0v) is 13.9. The first-order valence-corrected chi connectivity index (χ1v) is 8.08. The molecule has 2 rings (SSSR count). The summed E-state index contributed by atoms with van der Waals surface area (Å²) in [7, 11) is 0. The van der Waals surface area contributed by atoms with Crippen LogP contribution in [-0.4, -0.2) is 12.5 Å². The Hall–Kier alpha value is -1.33. The first-order valence-electron chi connectivity index (χ1n) is 6.47. The molecule has 1 heterocycles. The molecule has 0 unspecified atom stereocenters. The quantitative estimate of drug-likeness (QED) is 0.847. The molecular formula is C15H17BrN2OS. The first kappa shape index (κ1) is 15.1. The third kappa shape index (κ3) is 3.84. The molecule has 5 heteroatoms. The summed E-state index contributed by atoms with van der Waals surface area (Å²) in [6, 6.07) is 9.80. The van der Waals surface area contributed by atoms with E-state index in [-0.39, 0.29) is 5.91 Å². The number of halogens is 1. The van der Waals surface area contributed by atoms with E-state index in [1.54, 1.807) is 11.3 Å². The summed E-state index contributed by atoms with van der Waals surface area (Å²) in [6.07, 6.45) is 0. The lowest BCUT2D eigenvalue weighted by Gasteiger charge is -2.09. The second-order valence-corrected chi connectivity index (χ2v) is 7.00. The van der Waals surface area contributed by atoms with Crippen molar-refractivity contribution in [1.82, 2.24) is 5.32 Å². The molecule has 0 aliphatic heterocycles. The number of benzene rings is 1. The first-order chi connectivity index (χ1) is 9.60. The number of carbonyl (C=O) groups excluding carboxylic acids is 1. The molecule has 0 atom stereocenters. The Bertz CT molecular complexity index is 610. The van der Waals surface area contributed by atoms with Gasteiger partial charge in [0.1, 0.15) is 0 Å². The maximum absolute atomic E-state index is 12.2. The zero-order chi connectivity index (χ0) is 14.5. The van der Waals surface area contributed by atoms with Crippen molar-refractivity contribution in [2.45, 2.75) is 20.4 Å². The van der Waals surface area contributed by atoms with Crippen LogP contribution >= 0.6 is 27.3 Å². The van der Waals surface area contributed by atoms with Gasteiger partial charge in [0.05, 0.1) is 10.3 Å². The number of anilines is 1. The van der Waals surface area contributed by atoms with E-state index in [1.165, 1.54) is 0 Å². The van der Waals surface area contributed by atoms with Crippen molar-refractivity contribution < 1.29 is 4.79 Å². The summed E-state index contributed by atoms with van der Waals surface area (Å²) < 4.78 is 1.08. The second kappa shape index (κ2) is 6.90. The van der Waals surface area contributed by atoms with Crippen LogP contribution in [0.5, 0.6) is 0 Å². The smallest absolute Gasteiger partial charge is 0.251 e. The summed E-state index contributed by atoms with van der Waals surface area (Å²) >= 11 is 5.05. The third-order valence-corrected chi connectivity index (χ3v) is 4.53. The average Bonchev–Trinajstić information content (AvgIpc) is 2.82. The normalized spacial score (nSPS) is 10.3. The van der Waals surface area contributed by atoms with Gasteiger partial charge in [-0.25, -0.2) is 0 Å². The Balaban J connectivity index is 2.01. The molecular weight excluding hydrogens is 336 g/mol. The highest BCUT2D eigenvalue weighted by Crippen LogP contribution is 2.22. The third-order valence-electron chi connectivity index (χ3n) is 2.90. The molecule has 2 N–H and O–H groups in total. The molecule has 0 radical (unpaired) electrons. The van der Waals surface area contributed by atoms with Gasteiger partial charge in [-0.2, -0.15) is 0 Å². The van der Waals surface area contributed by atoms with Crippen LogP contribution in [0, 0.1) is 6.92 Å². The van der Waals surface area contributed by atoms with E-state index in [1.807, 2.05) is 37.3 Å². The van der Waals surface area contributed by atoms with Crippen molar-refractivity contribution >= 4 is 38.9 Å². The Morgan fingerprint density at radius 1 is 1.30 bits per heavy atom. The SMILES string of the molecule is CCNc1ccc(C(=O)NCc2ccc(Br)s2)c(C)c1. The van der Waals surface area contributed by atoms with Crippen molar-refractivity contribution in [2.24, 2.45) is 0 Å². The van der Waals surface area contributed by atoms with Crippen molar-refractivity contribution in [1.29, 1.82) is 0 Å². The van der Waals surface area contributed by atoms with Gasteiger partial charge in [0.2, 0.25) is 0 Å². The fourth-order valence-corrected chi connectivity index (χ4v) is 3.36. The molecule has 0 saturated carbocycles. The lowest BCUT2D eigenvalue weighted by Crippen LogP contribution is -2.23. The molecule has 1 aromatic heterocycles. The predicted octanol–water partition coefficient (Wildman–Crippen LogP) is 4.18. The minimum absolute atomic E-state index is 0.0323. The van der Waals surface area contributed by atoms with Crippen LogP contribution < -0.4 is 10.6 Å². The van der Waals surface area contributed by atoms with Gasteiger partial charge in [-0.1, -0.05) is 0 Å². The summed E-state index contributed by atoms with van der Waals surface area (Å²) in [5.74, 6) is -0.0323. The number of thiophene rings is 1. The maximum atomic E-state index is 12.2.